The van der Waals surface area contributed by atoms with Crippen LogP contribution in [0, 0.1) is 29.1 Å². The second-order valence-corrected chi connectivity index (χ2v) is 5.12. The summed E-state index contributed by atoms with van der Waals surface area (Å²) in [4.78, 5) is 0. The van der Waals surface area contributed by atoms with E-state index in [1.54, 1.807) is 0 Å². The molecular weight excluding hydrogens is 371 g/mol. The smallest absolute Gasteiger partial charge is 0.274 e. The maximum atomic E-state index is 14.4. The number of alkyl halides is 2. The van der Waals surface area contributed by atoms with E-state index in [0.29, 0.717) is 0 Å². The summed E-state index contributed by atoms with van der Waals surface area (Å²) in [5.41, 5.74) is -4.28. The van der Waals surface area contributed by atoms with E-state index < -0.39 is 80.4 Å². The highest BCUT2D eigenvalue weighted by Gasteiger charge is 2.53. The molecular formula is C14H3F9O2. The molecule has 0 spiro atoms. The Labute approximate surface area is 131 Å². The first-order chi connectivity index (χ1) is 11.4. The third kappa shape index (κ3) is 1.92. The minimum Gasteiger partial charge on any atom is -0.503 e. The molecule has 11 heteroatoms. The molecule has 25 heavy (non-hydrogen) atoms. The predicted molar refractivity (Wildman–Crippen MR) is 64.4 cm³/mol. The molecule has 0 aromatic heterocycles. The van der Waals surface area contributed by atoms with Crippen LogP contribution in [0.4, 0.5) is 39.5 Å². The number of halogens is 9. The minimum absolute atomic E-state index is 1.89. The van der Waals surface area contributed by atoms with E-state index in [1.807, 2.05) is 0 Å². The Morgan fingerprint density at radius 2 is 1.28 bits per heavy atom. The molecule has 2 aromatic rings. The van der Waals surface area contributed by atoms with E-state index in [9.17, 15) is 44.6 Å². The van der Waals surface area contributed by atoms with Gasteiger partial charge in [-0.1, -0.05) is 0 Å². The molecule has 3 rings (SSSR count). The van der Waals surface area contributed by atoms with Crippen molar-refractivity contribution in [3.63, 3.8) is 0 Å². The molecule has 2 nitrogen and oxygen atoms in total. The molecule has 134 valence electrons. The van der Waals surface area contributed by atoms with E-state index in [-0.39, 0.29) is 0 Å². The maximum absolute atomic E-state index is 14.4. The lowest BCUT2D eigenvalue weighted by molar-refractivity contribution is -0.149. The first kappa shape index (κ1) is 17.4. The van der Waals surface area contributed by atoms with Gasteiger partial charge < -0.3 is 10.2 Å². The monoisotopic (exact) mass is 374 g/mol. The van der Waals surface area contributed by atoms with E-state index >= 15 is 0 Å². The van der Waals surface area contributed by atoms with Crippen LogP contribution in [0.3, 0.4) is 0 Å². The van der Waals surface area contributed by atoms with Crippen LogP contribution in [0.25, 0.3) is 16.6 Å². The average molecular weight is 374 g/mol. The van der Waals surface area contributed by atoms with E-state index in [4.69, 9.17) is 5.11 Å². The lowest BCUT2D eigenvalue weighted by Crippen LogP contribution is -2.38. The van der Waals surface area contributed by atoms with Gasteiger partial charge >= 0.3 is 0 Å². The Hall–Kier alpha value is -2.43. The Morgan fingerprint density at radius 3 is 1.84 bits per heavy atom. The summed E-state index contributed by atoms with van der Waals surface area (Å²) in [5, 5.41) is 14.5. The van der Waals surface area contributed by atoms with Gasteiger partial charge in [0.05, 0.1) is 21.9 Å². The zero-order chi connectivity index (χ0) is 19.0. The van der Waals surface area contributed by atoms with Gasteiger partial charge in [0.2, 0.25) is 12.0 Å². The van der Waals surface area contributed by atoms with Gasteiger partial charge in [-0.05, 0) is 0 Å². The van der Waals surface area contributed by atoms with Crippen LogP contribution in [-0.4, -0.2) is 16.4 Å². The summed E-state index contributed by atoms with van der Waals surface area (Å²) in [6.07, 6.45) is -3.85. The number of hydrogen-bond donors (Lipinski definition) is 2. The number of aromatic hydroxyl groups is 1. The predicted octanol–water partition coefficient (Wildman–Crippen LogP) is 4.31. The molecule has 2 aromatic carbocycles. The fourth-order valence-electron chi connectivity index (χ4n) is 2.59. The van der Waals surface area contributed by atoms with Crippen LogP contribution < -0.4 is 0 Å². The van der Waals surface area contributed by atoms with Gasteiger partial charge in [0.25, 0.3) is 5.85 Å². The summed E-state index contributed by atoms with van der Waals surface area (Å²) in [6.45, 7) is 0. The standard InChI is InChI=1S/C14H3F9O2/c15-5-1-2(7(17)10(20)12(24)9(1)19)6(16)4-3(5)8(18)11(21)13(22)14(4,23)25/h13,24-25H. The molecule has 1 aliphatic carbocycles. The van der Waals surface area contributed by atoms with Crippen molar-refractivity contribution in [3.05, 3.63) is 46.0 Å². The number of rotatable bonds is 0. The molecule has 0 amide bonds. The summed E-state index contributed by atoms with van der Waals surface area (Å²) in [7, 11) is 0. The lowest BCUT2D eigenvalue weighted by Gasteiger charge is -2.30. The molecule has 2 N–H and O–H groups in total. The molecule has 0 fully saturated rings. The maximum Gasteiger partial charge on any atom is 0.274 e. The van der Waals surface area contributed by atoms with Gasteiger partial charge in [-0.2, -0.15) is 4.39 Å². The lowest BCUT2D eigenvalue weighted by atomic mass is 9.86. The Morgan fingerprint density at radius 1 is 0.760 bits per heavy atom. The van der Waals surface area contributed by atoms with Crippen molar-refractivity contribution < 1.29 is 49.7 Å². The molecule has 0 heterocycles. The van der Waals surface area contributed by atoms with E-state index in [1.165, 1.54) is 0 Å². The fraction of sp³-hybridized carbons (Fsp3) is 0.143. The topological polar surface area (TPSA) is 40.5 Å². The van der Waals surface area contributed by atoms with Crippen LogP contribution in [0.1, 0.15) is 11.1 Å². The average Bonchev–Trinajstić information content (AvgIpc) is 2.55. The van der Waals surface area contributed by atoms with Crippen molar-refractivity contribution >= 4 is 16.6 Å². The number of aliphatic hydroxyl groups is 1. The van der Waals surface area contributed by atoms with Gasteiger partial charge in [-0.3, -0.25) is 0 Å². The number of benzene rings is 2. The quantitative estimate of drug-likeness (QED) is 0.533. The molecule has 0 saturated heterocycles. The SMILES string of the molecule is Oc1c(F)c(F)c2c(F)c3c(c(F)c2c1F)C(F)=C(F)C(F)C3(O)F. The van der Waals surface area contributed by atoms with Crippen LogP contribution in [0.15, 0.2) is 5.83 Å². The fourth-order valence-corrected chi connectivity index (χ4v) is 2.59. The largest absolute Gasteiger partial charge is 0.503 e. The zero-order valence-corrected chi connectivity index (χ0v) is 11.4. The molecule has 0 radical (unpaired) electrons. The molecule has 0 aliphatic heterocycles. The van der Waals surface area contributed by atoms with E-state index in [2.05, 4.69) is 0 Å². The van der Waals surface area contributed by atoms with Crippen LogP contribution in [0.2, 0.25) is 0 Å². The van der Waals surface area contributed by atoms with Crippen LogP contribution >= 0.6 is 0 Å². The minimum atomic E-state index is -4.70. The number of phenols is 1. The number of hydrogen-bond acceptors (Lipinski definition) is 2. The highest BCUT2D eigenvalue weighted by atomic mass is 19.2. The summed E-state index contributed by atoms with van der Waals surface area (Å²) >= 11 is 0. The first-order valence-corrected chi connectivity index (χ1v) is 6.25. The van der Waals surface area contributed by atoms with Gasteiger partial charge in [-0.15, -0.1) is 0 Å². The van der Waals surface area contributed by atoms with Crippen molar-refractivity contribution in [2.75, 3.05) is 0 Å². The van der Waals surface area contributed by atoms with Gasteiger partial charge in [-0.25, -0.2) is 35.1 Å². The molecule has 1 aliphatic rings. The van der Waals surface area contributed by atoms with Crippen molar-refractivity contribution in [2.45, 2.75) is 12.0 Å². The van der Waals surface area contributed by atoms with Crippen LogP contribution in [0.5, 0.6) is 5.75 Å². The molecule has 0 saturated carbocycles. The van der Waals surface area contributed by atoms with Crippen LogP contribution in [-0.2, 0) is 5.85 Å². The third-order valence-corrected chi connectivity index (χ3v) is 3.76. The number of fused-ring (bicyclic) bond motifs is 2. The third-order valence-electron chi connectivity index (χ3n) is 3.76. The van der Waals surface area contributed by atoms with Gasteiger partial charge in [0, 0.05) is 0 Å². The molecule has 2 atom stereocenters. The van der Waals surface area contributed by atoms with Crippen molar-refractivity contribution in [2.24, 2.45) is 0 Å². The molecule has 0 bridgehead atoms. The van der Waals surface area contributed by atoms with Crippen molar-refractivity contribution in [1.29, 1.82) is 0 Å². The molecule has 2 unspecified atom stereocenters. The normalized spacial score (nSPS) is 23.4. The van der Waals surface area contributed by atoms with Crippen molar-refractivity contribution in [3.8, 4) is 5.75 Å². The summed E-state index contributed by atoms with van der Waals surface area (Å²) < 4.78 is 124. The highest BCUT2D eigenvalue weighted by molar-refractivity contribution is 5.92. The Kier molecular flexibility index (Phi) is 3.50. The highest BCUT2D eigenvalue weighted by Crippen LogP contribution is 2.50. The van der Waals surface area contributed by atoms with Crippen molar-refractivity contribution in [1.82, 2.24) is 0 Å². The summed E-state index contributed by atoms with van der Waals surface area (Å²) in [6, 6.07) is 0. The van der Waals surface area contributed by atoms with Gasteiger partial charge in [0.15, 0.2) is 29.0 Å². The first-order valence-electron chi connectivity index (χ1n) is 6.25. The summed E-state index contributed by atoms with van der Waals surface area (Å²) in [5.74, 6) is -24.0. The van der Waals surface area contributed by atoms with E-state index in [0.717, 1.165) is 0 Å². The van der Waals surface area contributed by atoms with Gasteiger partial charge in [0.1, 0.15) is 11.6 Å². The second kappa shape index (κ2) is 5.04. The Bertz CT molecular complexity index is 981. The zero-order valence-electron chi connectivity index (χ0n) is 11.4. The Balaban J connectivity index is 2.69. The second-order valence-electron chi connectivity index (χ2n) is 5.12. The number of phenolic OH excluding ortho intramolecular Hbond substituents is 1.